The summed E-state index contributed by atoms with van der Waals surface area (Å²) in [6, 6.07) is 8.99. The van der Waals surface area contributed by atoms with Gasteiger partial charge in [-0.15, -0.1) is 0 Å². The van der Waals surface area contributed by atoms with Gasteiger partial charge in [0, 0.05) is 13.1 Å². The van der Waals surface area contributed by atoms with Crippen molar-refractivity contribution in [3.8, 4) is 0 Å². The Morgan fingerprint density at radius 1 is 1.21 bits per heavy atom. The van der Waals surface area contributed by atoms with E-state index >= 15 is 0 Å². The van der Waals surface area contributed by atoms with Crippen LogP contribution in [0.25, 0.3) is 0 Å². The first-order chi connectivity index (χ1) is 6.83. The monoisotopic (exact) mass is 205 g/mol. The minimum absolute atomic E-state index is 0.788. The van der Waals surface area contributed by atoms with Gasteiger partial charge in [-0.3, -0.25) is 4.67 Å². The fourth-order valence-corrected chi connectivity index (χ4v) is 3.60. The normalized spacial score (nSPS) is 31.2. The summed E-state index contributed by atoms with van der Waals surface area (Å²) in [6.45, 7) is 2.48. The fraction of sp³-hybridized carbons (Fsp3) is 0.500. The molecule has 1 aliphatic carbocycles. The topological polar surface area (TPSA) is 3.24 Å². The molecule has 1 aromatic rings. The van der Waals surface area contributed by atoms with Crippen molar-refractivity contribution in [2.75, 3.05) is 13.1 Å². The molecule has 1 nitrogen and oxygen atoms in total. The molecule has 0 saturated carbocycles. The Morgan fingerprint density at radius 2 is 2.07 bits per heavy atom. The van der Waals surface area contributed by atoms with E-state index in [0.717, 1.165) is 11.8 Å². The van der Waals surface area contributed by atoms with Crippen molar-refractivity contribution in [2.45, 2.75) is 18.8 Å². The number of piperidine rings is 1. The highest BCUT2D eigenvalue weighted by atomic mass is 31.0. The van der Waals surface area contributed by atoms with Gasteiger partial charge in [0.2, 0.25) is 0 Å². The van der Waals surface area contributed by atoms with Crippen molar-refractivity contribution in [1.29, 1.82) is 0 Å². The smallest absolute Gasteiger partial charge is 0.00854 e. The highest BCUT2D eigenvalue weighted by Gasteiger charge is 2.32. The van der Waals surface area contributed by atoms with Crippen LogP contribution in [0.5, 0.6) is 0 Å². The van der Waals surface area contributed by atoms with Gasteiger partial charge in [-0.25, -0.2) is 0 Å². The molecule has 0 radical (unpaired) electrons. The first kappa shape index (κ1) is 8.88. The largest absolute Gasteiger partial charge is 0.286 e. The zero-order valence-corrected chi connectivity index (χ0v) is 9.47. The lowest BCUT2D eigenvalue weighted by atomic mass is 9.75. The molecule has 2 heteroatoms. The molecule has 3 unspecified atom stereocenters. The van der Waals surface area contributed by atoms with E-state index in [1.54, 1.807) is 11.1 Å². The van der Waals surface area contributed by atoms with Gasteiger partial charge in [0.05, 0.1) is 0 Å². The Hall–Kier alpha value is -0.390. The SMILES string of the molecule is PN1CC2Cc3ccccc3C(C2)C1. The molecule has 2 bridgehead atoms. The zero-order valence-electron chi connectivity index (χ0n) is 8.32. The highest BCUT2D eigenvalue weighted by Crippen LogP contribution is 2.39. The molecule has 1 fully saturated rings. The van der Waals surface area contributed by atoms with E-state index in [0.29, 0.717) is 0 Å². The van der Waals surface area contributed by atoms with Crippen molar-refractivity contribution >= 4 is 9.39 Å². The number of nitrogens with zero attached hydrogens (tertiary/aromatic N) is 1. The van der Waals surface area contributed by atoms with E-state index < -0.39 is 0 Å². The summed E-state index contributed by atoms with van der Waals surface area (Å²) in [5, 5.41) is 0. The van der Waals surface area contributed by atoms with E-state index in [-0.39, 0.29) is 0 Å². The van der Waals surface area contributed by atoms with Crippen LogP contribution in [0.1, 0.15) is 23.5 Å². The Bertz CT molecular complexity index is 350. The molecule has 0 N–H and O–H groups in total. The maximum absolute atomic E-state index is 2.87. The van der Waals surface area contributed by atoms with Gasteiger partial charge in [-0.2, -0.15) is 0 Å². The van der Waals surface area contributed by atoms with Gasteiger partial charge < -0.3 is 0 Å². The number of hydrogen-bond donors (Lipinski definition) is 0. The van der Waals surface area contributed by atoms with Crippen molar-refractivity contribution in [3.63, 3.8) is 0 Å². The van der Waals surface area contributed by atoms with Crippen LogP contribution < -0.4 is 0 Å². The van der Waals surface area contributed by atoms with Gasteiger partial charge in [-0.05, 0) is 35.8 Å². The van der Waals surface area contributed by atoms with Crippen molar-refractivity contribution in [1.82, 2.24) is 4.67 Å². The number of fused-ring (bicyclic) bond motifs is 4. The summed E-state index contributed by atoms with van der Waals surface area (Å²) in [6.07, 6.45) is 2.69. The Labute approximate surface area is 87.8 Å². The maximum atomic E-state index is 2.87. The molecule has 1 aliphatic heterocycles. The highest BCUT2D eigenvalue weighted by molar-refractivity contribution is 7.13. The molecule has 0 spiro atoms. The minimum Gasteiger partial charge on any atom is -0.286 e. The van der Waals surface area contributed by atoms with E-state index in [2.05, 4.69) is 38.3 Å². The second kappa shape index (κ2) is 3.32. The molecule has 1 heterocycles. The fourth-order valence-electron chi connectivity index (χ4n) is 3.04. The molecular weight excluding hydrogens is 189 g/mol. The van der Waals surface area contributed by atoms with Crippen LogP contribution in [0.15, 0.2) is 24.3 Å². The van der Waals surface area contributed by atoms with Crippen LogP contribution >= 0.6 is 9.39 Å². The summed E-state index contributed by atoms with van der Waals surface area (Å²) in [7, 11) is 2.87. The van der Waals surface area contributed by atoms with Gasteiger partial charge in [0.15, 0.2) is 0 Å². The predicted molar refractivity (Wildman–Crippen MR) is 62.3 cm³/mol. The van der Waals surface area contributed by atoms with E-state index in [4.69, 9.17) is 0 Å². The lowest BCUT2D eigenvalue weighted by Gasteiger charge is -2.40. The average molecular weight is 205 g/mol. The molecule has 3 atom stereocenters. The van der Waals surface area contributed by atoms with Gasteiger partial charge >= 0.3 is 0 Å². The van der Waals surface area contributed by atoms with Crippen LogP contribution in [0.3, 0.4) is 0 Å². The minimum atomic E-state index is 0.788. The van der Waals surface area contributed by atoms with Gasteiger partial charge in [-0.1, -0.05) is 33.7 Å². The standard InChI is InChI=1S/C12H16NP/c14-13-7-9-5-10-3-1-2-4-12(10)11(6-9)8-13/h1-4,9,11H,5-8,14H2. The molecule has 3 rings (SSSR count). The van der Waals surface area contributed by atoms with E-state index in [9.17, 15) is 0 Å². The molecule has 0 amide bonds. The second-order valence-corrected chi connectivity index (χ2v) is 5.39. The first-order valence-electron chi connectivity index (χ1n) is 5.40. The Morgan fingerprint density at radius 3 is 3.00 bits per heavy atom. The second-order valence-electron chi connectivity index (χ2n) is 4.66. The molecule has 1 saturated heterocycles. The Balaban J connectivity index is 2.01. The van der Waals surface area contributed by atoms with Crippen LogP contribution in [-0.4, -0.2) is 17.8 Å². The number of hydrogen-bond acceptors (Lipinski definition) is 1. The van der Waals surface area contributed by atoms with E-state index in [1.165, 1.54) is 25.9 Å². The third kappa shape index (κ3) is 1.39. The van der Waals surface area contributed by atoms with Crippen LogP contribution in [0.2, 0.25) is 0 Å². The third-order valence-corrected chi connectivity index (χ3v) is 3.99. The quantitative estimate of drug-likeness (QED) is 0.588. The number of rotatable bonds is 0. The maximum Gasteiger partial charge on any atom is 0.00854 e. The lowest BCUT2D eigenvalue weighted by Crippen LogP contribution is -2.37. The van der Waals surface area contributed by atoms with Crippen molar-refractivity contribution < 1.29 is 0 Å². The summed E-state index contributed by atoms with van der Waals surface area (Å²) >= 11 is 0. The number of benzene rings is 1. The van der Waals surface area contributed by atoms with Gasteiger partial charge in [0.25, 0.3) is 0 Å². The summed E-state index contributed by atoms with van der Waals surface area (Å²) in [5.41, 5.74) is 3.21. The van der Waals surface area contributed by atoms with Crippen LogP contribution in [-0.2, 0) is 6.42 Å². The van der Waals surface area contributed by atoms with Crippen molar-refractivity contribution in [3.05, 3.63) is 35.4 Å². The average Bonchev–Trinajstić information content (AvgIpc) is 2.17. The third-order valence-electron chi connectivity index (χ3n) is 3.57. The van der Waals surface area contributed by atoms with Crippen LogP contribution in [0, 0.1) is 5.92 Å². The lowest BCUT2D eigenvalue weighted by molar-refractivity contribution is 0.238. The first-order valence-corrected chi connectivity index (χ1v) is 5.92. The predicted octanol–water partition coefficient (Wildman–Crippen LogP) is 2.44. The molecule has 74 valence electrons. The summed E-state index contributed by atoms with van der Waals surface area (Å²) < 4.78 is 2.41. The van der Waals surface area contributed by atoms with Gasteiger partial charge in [0.1, 0.15) is 0 Å². The Kier molecular flexibility index (Phi) is 2.11. The summed E-state index contributed by atoms with van der Waals surface area (Å²) in [4.78, 5) is 0. The van der Waals surface area contributed by atoms with Crippen molar-refractivity contribution in [2.24, 2.45) is 5.92 Å². The molecule has 1 aromatic carbocycles. The molecule has 14 heavy (non-hydrogen) atoms. The molecular formula is C12H16NP. The van der Waals surface area contributed by atoms with Crippen LogP contribution in [0.4, 0.5) is 0 Å². The molecule has 2 aliphatic rings. The molecule has 0 aromatic heterocycles. The zero-order chi connectivity index (χ0) is 9.54. The van der Waals surface area contributed by atoms with E-state index in [1.807, 2.05) is 0 Å². The summed E-state index contributed by atoms with van der Waals surface area (Å²) in [5.74, 6) is 1.68.